The van der Waals surface area contributed by atoms with Crippen LogP contribution in [-0.2, 0) is 15.4 Å². The average molecular weight is 401 g/mol. The van der Waals surface area contributed by atoms with E-state index in [4.69, 9.17) is 0 Å². The van der Waals surface area contributed by atoms with E-state index in [-0.39, 0.29) is 16.2 Å². The molecule has 28 heavy (non-hydrogen) atoms. The molecule has 1 amide bonds. The highest BCUT2D eigenvalue weighted by Gasteiger charge is 2.20. The van der Waals surface area contributed by atoms with Crippen molar-refractivity contribution in [3.8, 4) is 0 Å². The molecule has 1 heterocycles. The number of nitrogens with zero attached hydrogens (tertiary/aromatic N) is 1. The lowest BCUT2D eigenvalue weighted by Gasteiger charge is -2.26. The zero-order chi connectivity index (χ0) is 20.4. The molecule has 1 fully saturated rings. The lowest BCUT2D eigenvalue weighted by molar-refractivity contribution is 0.0724. The number of hydrogen-bond donors (Lipinski definition) is 1. The van der Waals surface area contributed by atoms with Gasteiger partial charge in [-0.15, -0.1) is 0 Å². The largest absolute Gasteiger partial charge is 0.339 e. The van der Waals surface area contributed by atoms with Crippen LogP contribution in [0.3, 0.4) is 0 Å². The van der Waals surface area contributed by atoms with Crippen molar-refractivity contribution < 1.29 is 13.2 Å². The van der Waals surface area contributed by atoms with Crippen LogP contribution in [0.2, 0.25) is 0 Å². The summed E-state index contributed by atoms with van der Waals surface area (Å²) in [4.78, 5) is 14.6. The maximum Gasteiger partial charge on any atom is 0.261 e. The summed E-state index contributed by atoms with van der Waals surface area (Å²) in [5.74, 6) is 0.00637. The Kier molecular flexibility index (Phi) is 5.79. The minimum Gasteiger partial charge on any atom is -0.339 e. The number of amides is 1. The Morgan fingerprint density at radius 1 is 0.893 bits per heavy atom. The van der Waals surface area contributed by atoms with Gasteiger partial charge in [-0.3, -0.25) is 9.52 Å². The third-order valence-corrected chi connectivity index (χ3v) is 6.46. The Morgan fingerprint density at radius 2 is 1.46 bits per heavy atom. The van der Waals surface area contributed by atoms with Gasteiger partial charge in [0.1, 0.15) is 0 Å². The van der Waals surface area contributed by atoms with Crippen molar-refractivity contribution in [2.45, 2.75) is 50.3 Å². The van der Waals surface area contributed by atoms with Crippen molar-refractivity contribution in [3.63, 3.8) is 0 Å². The molecule has 1 N–H and O–H groups in total. The van der Waals surface area contributed by atoms with Crippen LogP contribution in [-0.4, -0.2) is 32.3 Å². The van der Waals surface area contributed by atoms with E-state index in [9.17, 15) is 13.2 Å². The fraction of sp³-hybridized carbons (Fsp3) is 0.409. The van der Waals surface area contributed by atoms with Gasteiger partial charge in [0.15, 0.2) is 0 Å². The number of hydrogen-bond acceptors (Lipinski definition) is 3. The predicted molar refractivity (Wildman–Crippen MR) is 112 cm³/mol. The second-order valence-corrected chi connectivity index (χ2v) is 9.99. The lowest BCUT2D eigenvalue weighted by atomic mass is 9.87. The SMILES string of the molecule is CC(C)(C)c1ccc(S(=O)(=O)Nc2ccc(C(=O)N3CCCCC3)cc2)cc1. The van der Waals surface area contributed by atoms with Gasteiger partial charge in [-0.25, -0.2) is 8.42 Å². The van der Waals surface area contributed by atoms with E-state index in [1.54, 1.807) is 36.4 Å². The summed E-state index contributed by atoms with van der Waals surface area (Å²) in [5, 5.41) is 0. The highest BCUT2D eigenvalue weighted by molar-refractivity contribution is 7.92. The van der Waals surface area contributed by atoms with Gasteiger partial charge in [-0.05, 0) is 66.6 Å². The van der Waals surface area contributed by atoms with Crippen molar-refractivity contribution >= 4 is 21.6 Å². The molecule has 0 unspecified atom stereocenters. The van der Waals surface area contributed by atoms with Crippen LogP contribution in [0.1, 0.15) is 56.0 Å². The first-order chi connectivity index (χ1) is 13.2. The summed E-state index contributed by atoms with van der Waals surface area (Å²) >= 11 is 0. The molecule has 0 aromatic heterocycles. The van der Waals surface area contributed by atoms with Crippen LogP contribution in [0.4, 0.5) is 5.69 Å². The molecule has 0 saturated carbocycles. The van der Waals surface area contributed by atoms with Gasteiger partial charge in [0, 0.05) is 24.3 Å². The standard InChI is InChI=1S/C22H28N2O3S/c1-22(2,3)18-9-13-20(14-10-18)28(26,27)23-19-11-7-17(8-12-19)21(25)24-15-5-4-6-16-24/h7-14,23H,4-6,15-16H2,1-3H3. The Hall–Kier alpha value is -2.34. The number of piperidine rings is 1. The predicted octanol–water partition coefficient (Wildman–Crippen LogP) is 4.41. The van der Waals surface area contributed by atoms with E-state index < -0.39 is 10.0 Å². The molecule has 1 aliphatic heterocycles. The molecular weight excluding hydrogens is 372 g/mol. The zero-order valence-electron chi connectivity index (χ0n) is 16.7. The normalized spacial score (nSPS) is 15.3. The number of carbonyl (C=O) groups excluding carboxylic acids is 1. The summed E-state index contributed by atoms with van der Waals surface area (Å²) in [7, 11) is -3.67. The van der Waals surface area contributed by atoms with Gasteiger partial charge < -0.3 is 4.90 Å². The maximum absolute atomic E-state index is 12.6. The van der Waals surface area contributed by atoms with Crippen LogP contribution < -0.4 is 4.72 Å². The molecule has 6 heteroatoms. The highest BCUT2D eigenvalue weighted by Crippen LogP contribution is 2.24. The van der Waals surface area contributed by atoms with Gasteiger partial charge in [-0.1, -0.05) is 32.9 Å². The Balaban J connectivity index is 1.71. The van der Waals surface area contributed by atoms with E-state index in [2.05, 4.69) is 25.5 Å². The van der Waals surface area contributed by atoms with Gasteiger partial charge >= 0.3 is 0 Å². The molecule has 2 aromatic carbocycles. The van der Waals surface area contributed by atoms with E-state index in [1.165, 1.54) is 6.42 Å². The number of nitrogens with one attached hydrogen (secondary N) is 1. The summed E-state index contributed by atoms with van der Waals surface area (Å²) < 4.78 is 27.9. The fourth-order valence-electron chi connectivity index (χ4n) is 3.31. The van der Waals surface area contributed by atoms with Crippen molar-refractivity contribution in [1.29, 1.82) is 0 Å². The minimum atomic E-state index is -3.67. The van der Waals surface area contributed by atoms with Crippen LogP contribution in [0.5, 0.6) is 0 Å². The molecule has 0 bridgehead atoms. The molecule has 3 rings (SSSR count). The quantitative estimate of drug-likeness (QED) is 0.827. The Labute approximate surface area is 167 Å². The number of benzene rings is 2. The van der Waals surface area contributed by atoms with Crippen molar-refractivity contribution in [1.82, 2.24) is 4.90 Å². The molecule has 1 saturated heterocycles. The van der Waals surface area contributed by atoms with Gasteiger partial charge in [0.05, 0.1) is 4.90 Å². The number of carbonyl (C=O) groups is 1. The van der Waals surface area contributed by atoms with Gasteiger partial charge in [-0.2, -0.15) is 0 Å². The number of rotatable bonds is 4. The topological polar surface area (TPSA) is 66.5 Å². The maximum atomic E-state index is 12.6. The molecular formula is C22H28N2O3S. The third kappa shape index (κ3) is 4.73. The van der Waals surface area contributed by atoms with Gasteiger partial charge in [0.2, 0.25) is 0 Å². The average Bonchev–Trinajstić information content (AvgIpc) is 2.68. The Bertz CT molecular complexity index is 921. The number of sulfonamides is 1. The van der Waals surface area contributed by atoms with Gasteiger partial charge in [0.25, 0.3) is 15.9 Å². The van der Waals surface area contributed by atoms with Crippen LogP contribution in [0.25, 0.3) is 0 Å². The lowest BCUT2D eigenvalue weighted by Crippen LogP contribution is -2.35. The number of anilines is 1. The molecule has 2 aromatic rings. The summed E-state index contributed by atoms with van der Waals surface area (Å²) in [6.07, 6.45) is 3.25. The second kappa shape index (κ2) is 7.95. The van der Waals surface area contributed by atoms with E-state index in [1.807, 2.05) is 17.0 Å². The van der Waals surface area contributed by atoms with E-state index >= 15 is 0 Å². The fourth-order valence-corrected chi connectivity index (χ4v) is 4.37. The number of likely N-dealkylation sites (tertiary alicyclic amines) is 1. The van der Waals surface area contributed by atoms with E-state index in [0.717, 1.165) is 31.5 Å². The highest BCUT2D eigenvalue weighted by atomic mass is 32.2. The molecule has 0 aliphatic carbocycles. The third-order valence-electron chi connectivity index (χ3n) is 5.06. The summed E-state index contributed by atoms with van der Waals surface area (Å²) in [6.45, 7) is 7.83. The Morgan fingerprint density at radius 3 is 2.00 bits per heavy atom. The summed E-state index contributed by atoms with van der Waals surface area (Å²) in [5.41, 5.74) is 2.06. The molecule has 5 nitrogen and oxygen atoms in total. The zero-order valence-corrected chi connectivity index (χ0v) is 17.6. The first-order valence-corrected chi connectivity index (χ1v) is 11.2. The van der Waals surface area contributed by atoms with Crippen molar-refractivity contribution in [2.75, 3.05) is 17.8 Å². The van der Waals surface area contributed by atoms with Crippen LogP contribution >= 0.6 is 0 Å². The molecule has 0 atom stereocenters. The van der Waals surface area contributed by atoms with Crippen LogP contribution in [0, 0.1) is 0 Å². The second-order valence-electron chi connectivity index (χ2n) is 8.31. The molecule has 150 valence electrons. The molecule has 0 spiro atoms. The monoisotopic (exact) mass is 400 g/mol. The van der Waals surface area contributed by atoms with Crippen LogP contribution in [0.15, 0.2) is 53.4 Å². The molecule has 0 radical (unpaired) electrons. The first-order valence-electron chi connectivity index (χ1n) is 9.69. The summed E-state index contributed by atoms with van der Waals surface area (Å²) in [6, 6.07) is 13.6. The smallest absolute Gasteiger partial charge is 0.261 e. The minimum absolute atomic E-state index is 0.00637. The first kappa shape index (κ1) is 20.4. The van der Waals surface area contributed by atoms with Crippen molar-refractivity contribution in [3.05, 3.63) is 59.7 Å². The van der Waals surface area contributed by atoms with Crippen molar-refractivity contribution in [2.24, 2.45) is 0 Å². The molecule has 1 aliphatic rings. The van der Waals surface area contributed by atoms with E-state index in [0.29, 0.717) is 11.3 Å².